The summed E-state index contributed by atoms with van der Waals surface area (Å²) < 4.78 is 33.1. The van der Waals surface area contributed by atoms with E-state index in [9.17, 15) is 18.4 Å². The van der Waals surface area contributed by atoms with Crippen LogP contribution in [0.1, 0.15) is 28.8 Å². The van der Waals surface area contributed by atoms with Crippen molar-refractivity contribution in [1.29, 1.82) is 0 Å². The molecule has 0 spiro atoms. The third kappa shape index (κ3) is 3.38. The van der Waals surface area contributed by atoms with Gasteiger partial charge in [-0.15, -0.1) is 0 Å². The van der Waals surface area contributed by atoms with E-state index in [1.165, 1.54) is 18.2 Å². The summed E-state index contributed by atoms with van der Waals surface area (Å²) in [6.45, 7) is 0.828. The molecule has 1 aliphatic rings. The molecule has 0 aromatic heterocycles. The quantitative estimate of drug-likeness (QED) is 0.797. The minimum absolute atomic E-state index is 0.0154. The molecule has 3 rings (SSSR count). The number of carbonyl (C=O) groups is 2. The van der Waals surface area contributed by atoms with Crippen molar-refractivity contribution in [3.63, 3.8) is 0 Å². The number of rotatable bonds is 4. The van der Waals surface area contributed by atoms with Crippen molar-refractivity contribution in [2.45, 2.75) is 19.4 Å². The van der Waals surface area contributed by atoms with Gasteiger partial charge in [-0.1, -0.05) is 24.3 Å². The summed E-state index contributed by atoms with van der Waals surface area (Å²) in [5, 5.41) is 0. The highest BCUT2D eigenvalue weighted by Gasteiger charge is 2.22. The fraction of sp³-hybridized carbons (Fsp3) is 0.263. The Kier molecular flexibility index (Phi) is 4.79. The summed E-state index contributed by atoms with van der Waals surface area (Å²) in [5.74, 6) is -2.03. The first-order valence-electron chi connectivity index (χ1n) is 7.94. The standard InChI is InChI=1S/C19H17F2NO3/c1-25-19(24)18-14(4-2-5-15(18)20)12-7-8-13(16(21)10-12)11-22-9-3-6-17(22)23/h2,4-5,7-8,10H,3,6,9,11H2,1H3. The van der Waals surface area contributed by atoms with Gasteiger partial charge in [-0.2, -0.15) is 0 Å². The zero-order valence-electron chi connectivity index (χ0n) is 13.7. The van der Waals surface area contributed by atoms with Crippen LogP contribution in [0, 0.1) is 11.6 Å². The van der Waals surface area contributed by atoms with Gasteiger partial charge in [-0.05, 0) is 29.7 Å². The first kappa shape index (κ1) is 17.1. The van der Waals surface area contributed by atoms with Crippen LogP contribution in [-0.4, -0.2) is 30.4 Å². The van der Waals surface area contributed by atoms with Crippen molar-refractivity contribution in [2.24, 2.45) is 0 Å². The number of ether oxygens (including phenoxy) is 1. The molecule has 4 nitrogen and oxygen atoms in total. The number of amides is 1. The normalized spacial score (nSPS) is 14.0. The molecule has 1 amide bonds. The van der Waals surface area contributed by atoms with Crippen molar-refractivity contribution in [1.82, 2.24) is 4.90 Å². The molecule has 0 atom stereocenters. The van der Waals surface area contributed by atoms with Crippen LogP contribution in [0.25, 0.3) is 11.1 Å². The average molecular weight is 345 g/mol. The molecule has 0 aliphatic carbocycles. The average Bonchev–Trinajstić information content (AvgIpc) is 3.00. The molecule has 6 heteroatoms. The number of methoxy groups -OCH3 is 1. The maximum Gasteiger partial charge on any atom is 0.341 e. The van der Waals surface area contributed by atoms with Crippen molar-refractivity contribution in [3.8, 4) is 11.1 Å². The van der Waals surface area contributed by atoms with Gasteiger partial charge in [0.1, 0.15) is 17.2 Å². The van der Waals surface area contributed by atoms with Gasteiger partial charge in [0.2, 0.25) is 5.91 Å². The first-order chi connectivity index (χ1) is 12.0. The van der Waals surface area contributed by atoms with Crippen LogP contribution in [0.15, 0.2) is 36.4 Å². The molecule has 1 aliphatic heterocycles. The zero-order chi connectivity index (χ0) is 18.0. The van der Waals surface area contributed by atoms with Crippen LogP contribution in [0.5, 0.6) is 0 Å². The summed E-state index contributed by atoms with van der Waals surface area (Å²) in [6.07, 6.45) is 1.27. The number of halogens is 2. The van der Waals surface area contributed by atoms with E-state index in [2.05, 4.69) is 4.74 Å². The second-order valence-corrected chi connectivity index (χ2v) is 5.88. The molecule has 1 heterocycles. The van der Waals surface area contributed by atoms with E-state index in [1.807, 2.05) is 0 Å². The van der Waals surface area contributed by atoms with Crippen LogP contribution in [0.2, 0.25) is 0 Å². The number of hydrogen-bond donors (Lipinski definition) is 0. The number of esters is 1. The summed E-state index contributed by atoms with van der Waals surface area (Å²) in [6, 6.07) is 8.55. The van der Waals surface area contributed by atoms with Crippen LogP contribution in [0.4, 0.5) is 8.78 Å². The lowest BCUT2D eigenvalue weighted by Gasteiger charge is -2.16. The Bertz CT molecular complexity index is 835. The Morgan fingerprint density at radius 2 is 2.00 bits per heavy atom. The molecule has 2 aromatic rings. The summed E-state index contributed by atoms with van der Waals surface area (Å²) in [7, 11) is 1.16. The number of hydrogen-bond acceptors (Lipinski definition) is 3. The van der Waals surface area contributed by atoms with E-state index in [1.54, 1.807) is 17.0 Å². The Balaban J connectivity index is 1.95. The highest BCUT2D eigenvalue weighted by atomic mass is 19.1. The predicted octanol–water partition coefficient (Wildman–Crippen LogP) is 3.54. The lowest BCUT2D eigenvalue weighted by atomic mass is 9.97. The van der Waals surface area contributed by atoms with Gasteiger partial charge in [0.15, 0.2) is 0 Å². The Morgan fingerprint density at radius 1 is 1.20 bits per heavy atom. The molecule has 2 aromatic carbocycles. The zero-order valence-corrected chi connectivity index (χ0v) is 13.7. The van der Waals surface area contributed by atoms with Crippen LogP contribution in [-0.2, 0) is 16.1 Å². The summed E-state index contributed by atoms with van der Waals surface area (Å²) in [5.41, 5.74) is 0.783. The van der Waals surface area contributed by atoms with Crippen molar-refractivity contribution < 1.29 is 23.1 Å². The van der Waals surface area contributed by atoms with Gasteiger partial charge in [-0.25, -0.2) is 13.6 Å². The molecule has 25 heavy (non-hydrogen) atoms. The number of benzene rings is 2. The molecule has 0 saturated carbocycles. The molecule has 0 radical (unpaired) electrons. The largest absolute Gasteiger partial charge is 0.465 e. The fourth-order valence-electron chi connectivity index (χ4n) is 2.99. The molecule has 0 bridgehead atoms. The third-order valence-corrected chi connectivity index (χ3v) is 4.30. The van der Waals surface area contributed by atoms with E-state index in [0.717, 1.165) is 19.6 Å². The van der Waals surface area contributed by atoms with Crippen molar-refractivity contribution >= 4 is 11.9 Å². The molecule has 130 valence electrons. The van der Waals surface area contributed by atoms with Crippen molar-refractivity contribution in [3.05, 3.63) is 59.2 Å². The van der Waals surface area contributed by atoms with E-state index in [0.29, 0.717) is 24.1 Å². The maximum absolute atomic E-state index is 14.5. The monoisotopic (exact) mass is 345 g/mol. The Labute approximate surface area is 144 Å². The van der Waals surface area contributed by atoms with Gasteiger partial charge < -0.3 is 9.64 Å². The summed E-state index contributed by atoms with van der Waals surface area (Å²) >= 11 is 0. The molecule has 0 N–H and O–H groups in total. The van der Waals surface area contributed by atoms with Gasteiger partial charge in [0.05, 0.1) is 7.11 Å². The number of nitrogens with zero attached hydrogens (tertiary/aromatic N) is 1. The fourth-order valence-corrected chi connectivity index (χ4v) is 2.99. The van der Waals surface area contributed by atoms with Gasteiger partial charge in [0.25, 0.3) is 0 Å². The van der Waals surface area contributed by atoms with Crippen LogP contribution >= 0.6 is 0 Å². The van der Waals surface area contributed by atoms with E-state index >= 15 is 0 Å². The second-order valence-electron chi connectivity index (χ2n) is 5.88. The van der Waals surface area contributed by atoms with Crippen molar-refractivity contribution in [2.75, 3.05) is 13.7 Å². The highest BCUT2D eigenvalue weighted by molar-refractivity contribution is 5.97. The van der Waals surface area contributed by atoms with Crippen LogP contribution < -0.4 is 0 Å². The topological polar surface area (TPSA) is 46.6 Å². The maximum atomic E-state index is 14.5. The van der Waals surface area contributed by atoms with E-state index in [4.69, 9.17) is 0 Å². The molecular formula is C19H17F2NO3. The summed E-state index contributed by atoms with van der Waals surface area (Å²) in [4.78, 5) is 25.1. The minimum Gasteiger partial charge on any atom is -0.465 e. The Hall–Kier alpha value is -2.76. The van der Waals surface area contributed by atoms with Gasteiger partial charge >= 0.3 is 5.97 Å². The first-order valence-corrected chi connectivity index (χ1v) is 7.94. The Morgan fingerprint density at radius 3 is 2.64 bits per heavy atom. The molecule has 1 fully saturated rings. The number of carbonyl (C=O) groups excluding carboxylic acids is 2. The number of likely N-dealkylation sites (tertiary alicyclic amines) is 1. The minimum atomic E-state index is -0.819. The third-order valence-electron chi connectivity index (χ3n) is 4.30. The van der Waals surface area contributed by atoms with E-state index in [-0.39, 0.29) is 23.6 Å². The van der Waals surface area contributed by atoms with E-state index < -0.39 is 17.6 Å². The highest BCUT2D eigenvalue weighted by Crippen LogP contribution is 2.28. The lowest BCUT2D eigenvalue weighted by molar-refractivity contribution is -0.128. The van der Waals surface area contributed by atoms with Crippen LogP contribution in [0.3, 0.4) is 0 Å². The lowest BCUT2D eigenvalue weighted by Crippen LogP contribution is -2.24. The molecule has 0 unspecified atom stereocenters. The SMILES string of the molecule is COC(=O)c1c(F)cccc1-c1ccc(CN2CCCC2=O)c(F)c1. The molecular weight excluding hydrogens is 328 g/mol. The van der Waals surface area contributed by atoms with Gasteiger partial charge in [-0.3, -0.25) is 4.79 Å². The van der Waals surface area contributed by atoms with Gasteiger partial charge in [0, 0.05) is 25.1 Å². The molecule has 1 saturated heterocycles. The second kappa shape index (κ2) is 7.01. The smallest absolute Gasteiger partial charge is 0.341 e. The predicted molar refractivity (Wildman–Crippen MR) is 87.8 cm³/mol.